The maximum atomic E-state index is 13.2. The molecule has 4 rings (SSSR count). The lowest BCUT2D eigenvalue weighted by molar-refractivity contribution is 0.0584. The van der Waals surface area contributed by atoms with Crippen LogP contribution in [0.1, 0.15) is 40.4 Å². The Kier molecular flexibility index (Phi) is 6.24. The molecule has 12 heteroatoms. The summed E-state index contributed by atoms with van der Waals surface area (Å²) < 4.78 is 14.5. The van der Waals surface area contributed by atoms with Crippen molar-refractivity contribution >= 4 is 27.8 Å². The van der Waals surface area contributed by atoms with E-state index >= 15 is 0 Å². The molecule has 0 fully saturated rings. The number of nitrogens with one attached hydrogen (secondary N) is 3. The highest BCUT2D eigenvalue weighted by Gasteiger charge is 2.39. The number of nitrogens with zero attached hydrogens (tertiary/aromatic N) is 4. The van der Waals surface area contributed by atoms with Gasteiger partial charge in [-0.05, 0) is 30.7 Å². The number of amides is 1. The number of benzene rings is 1. The second-order valence-corrected chi connectivity index (χ2v) is 8.73. The molecular formula is C22H22FN7O3S. The minimum atomic E-state index is -0.865. The molecule has 1 amide bonds. The van der Waals surface area contributed by atoms with Gasteiger partial charge in [0.15, 0.2) is 17.6 Å². The first-order valence-corrected chi connectivity index (χ1v) is 11.1. The monoisotopic (exact) mass is 483 g/mol. The number of aromatic nitrogens is 3. The fourth-order valence-electron chi connectivity index (χ4n) is 3.86. The number of hydrogen-bond donors (Lipinski definition) is 4. The average Bonchev–Trinajstić information content (AvgIpc) is 3.33. The third kappa shape index (κ3) is 4.07. The van der Waals surface area contributed by atoms with E-state index in [1.165, 1.54) is 27.9 Å². The number of aromatic hydroxyl groups is 1. The third-order valence-corrected chi connectivity index (χ3v) is 6.32. The summed E-state index contributed by atoms with van der Waals surface area (Å²) in [4.78, 5) is 27.6. The van der Waals surface area contributed by atoms with Crippen LogP contribution in [0.4, 0.5) is 4.39 Å². The number of thioether (sulfide) groups is 1. The molecule has 0 saturated heterocycles. The van der Waals surface area contributed by atoms with Crippen molar-refractivity contribution < 1.29 is 14.3 Å². The van der Waals surface area contributed by atoms with E-state index in [1.54, 1.807) is 43.4 Å². The van der Waals surface area contributed by atoms with Crippen molar-refractivity contribution in [3.63, 3.8) is 0 Å². The highest BCUT2D eigenvalue weighted by Crippen LogP contribution is 2.31. The number of rotatable bonds is 5. The average molecular weight is 484 g/mol. The van der Waals surface area contributed by atoms with Crippen LogP contribution in [0.5, 0.6) is 5.75 Å². The molecule has 4 N–H and O–H groups in total. The fourth-order valence-corrected chi connectivity index (χ4v) is 4.60. The minimum Gasteiger partial charge on any atom is -0.502 e. The molecule has 10 nitrogen and oxygen atoms in total. The summed E-state index contributed by atoms with van der Waals surface area (Å²) in [6.07, 6.45) is 2.45. The largest absolute Gasteiger partial charge is 0.502 e. The summed E-state index contributed by atoms with van der Waals surface area (Å²) in [6.45, 7) is 2.10. The van der Waals surface area contributed by atoms with Crippen LogP contribution in [0.15, 0.2) is 47.5 Å². The summed E-state index contributed by atoms with van der Waals surface area (Å²) in [5.41, 5.74) is 0.102. The maximum absolute atomic E-state index is 13.2. The van der Waals surface area contributed by atoms with E-state index in [-0.39, 0.29) is 33.6 Å². The SMILES string of the molecule is CCN1C(=O)c2c(O)c(=O)c(C(=N)SC(=N)Cc3ccc(F)cc3)cn2N(C)C1c1ccn[nH]1. The van der Waals surface area contributed by atoms with Crippen molar-refractivity contribution in [1.82, 2.24) is 19.8 Å². The number of carbonyl (C=O) groups excluding carboxylic acids is 1. The van der Waals surface area contributed by atoms with Crippen LogP contribution in [0.25, 0.3) is 0 Å². The van der Waals surface area contributed by atoms with Gasteiger partial charge in [-0.3, -0.25) is 35.2 Å². The van der Waals surface area contributed by atoms with E-state index in [0.717, 1.165) is 11.8 Å². The van der Waals surface area contributed by atoms with Gasteiger partial charge in [-0.2, -0.15) is 5.10 Å². The minimum absolute atomic E-state index is 0.0649. The van der Waals surface area contributed by atoms with Crippen molar-refractivity contribution in [2.24, 2.45) is 0 Å². The Morgan fingerprint density at radius 2 is 1.94 bits per heavy atom. The Morgan fingerprint density at radius 3 is 2.56 bits per heavy atom. The number of aromatic amines is 1. The first-order chi connectivity index (χ1) is 16.2. The Hall–Kier alpha value is -3.93. The van der Waals surface area contributed by atoms with Gasteiger partial charge in [0.05, 0.1) is 16.3 Å². The normalized spacial score (nSPS) is 15.4. The quantitative estimate of drug-likeness (QED) is 0.324. The van der Waals surface area contributed by atoms with Crippen molar-refractivity contribution in [1.29, 1.82) is 10.8 Å². The van der Waals surface area contributed by atoms with Crippen LogP contribution in [-0.2, 0) is 6.42 Å². The van der Waals surface area contributed by atoms with Crippen molar-refractivity contribution in [2.45, 2.75) is 19.5 Å². The predicted octanol–water partition coefficient (Wildman–Crippen LogP) is 2.44. The summed E-state index contributed by atoms with van der Waals surface area (Å²) in [7, 11) is 1.69. The molecular weight excluding hydrogens is 461 g/mol. The number of halogens is 1. The van der Waals surface area contributed by atoms with Gasteiger partial charge in [0.2, 0.25) is 5.43 Å². The zero-order chi connectivity index (χ0) is 24.6. The zero-order valence-corrected chi connectivity index (χ0v) is 19.2. The van der Waals surface area contributed by atoms with E-state index in [0.29, 0.717) is 17.8 Å². The Morgan fingerprint density at radius 1 is 1.24 bits per heavy atom. The van der Waals surface area contributed by atoms with Crippen LogP contribution < -0.4 is 10.4 Å². The van der Waals surface area contributed by atoms with Gasteiger partial charge < -0.3 is 10.0 Å². The molecule has 1 aliphatic rings. The summed E-state index contributed by atoms with van der Waals surface area (Å²) in [5, 5.41) is 35.5. The van der Waals surface area contributed by atoms with Gasteiger partial charge in [0.25, 0.3) is 5.91 Å². The molecule has 1 aromatic carbocycles. The van der Waals surface area contributed by atoms with Crippen LogP contribution in [0.2, 0.25) is 0 Å². The molecule has 1 unspecified atom stereocenters. The summed E-state index contributed by atoms with van der Waals surface area (Å²) in [6, 6.07) is 7.39. The first-order valence-electron chi connectivity index (χ1n) is 10.3. The van der Waals surface area contributed by atoms with Gasteiger partial charge in [-0.25, -0.2) is 4.39 Å². The van der Waals surface area contributed by atoms with Gasteiger partial charge in [0, 0.05) is 32.4 Å². The zero-order valence-electron chi connectivity index (χ0n) is 18.4. The highest BCUT2D eigenvalue weighted by atomic mass is 32.2. The van der Waals surface area contributed by atoms with Crippen molar-refractivity contribution in [2.75, 3.05) is 18.6 Å². The molecule has 1 atom stereocenters. The van der Waals surface area contributed by atoms with Gasteiger partial charge in [0.1, 0.15) is 10.9 Å². The van der Waals surface area contributed by atoms with E-state index in [2.05, 4.69) is 10.2 Å². The smallest absolute Gasteiger partial charge is 0.278 e. The molecule has 176 valence electrons. The lowest BCUT2D eigenvalue weighted by Gasteiger charge is -2.44. The van der Waals surface area contributed by atoms with Crippen molar-refractivity contribution in [3.8, 4) is 5.75 Å². The number of H-pyrrole nitrogens is 1. The first kappa shape index (κ1) is 23.2. The molecule has 0 saturated carbocycles. The number of fused-ring (bicyclic) bond motifs is 1. The lowest BCUT2D eigenvalue weighted by Crippen LogP contribution is -2.54. The molecule has 34 heavy (non-hydrogen) atoms. The Balaban J connectivity index is 1.67. The third-order valence-electron chi connectivity index (χ3n) is 5.51. The molecule has 0 spiro atoms. The molecule has 0 bridgehead atoms. The predicted molar refractivity (Wildman–Crippen MR) is 127 cm³/mol. The van der Waals surface area contributed by atoms with Gasteiger partial charge in [-0.1, -0.05) is 23.9 Å². The molecule has 3 aromatic rings. The number of pyridine rings is 1. The molecule has 1 aliphatic heterocycles. The van der Waals surface area contributed by atoms with Crippen LogP contribution >= 0.6 is 11.8 Å². The van der Waals surface area contributed by atoms with Crippen LogP contribution in [0.3, 0.4) is 0 Å². The summed E-state index contributed by atoms with van der Waals surface area (Å²) in [5.74, 6) is -1.68. The second-order valence-electron chi connectivity index (χ2n) is 7.62. The van der Waals surface area contributed by atoms with E-state index < -0.39 is 23.3 Å². The topological polar surface area (TPSA) is 142 Å². The lowest BCUT2D eigenvalue weighted by atomic mass is 10.1. The van der Waals surface area contributed by atoms with Gasteiger partial charge in [-0.15, -0.1) is 0 Å². The fraction of sp³-hybridized carbons (Fsp3) is 0.227. The van der Waals surface area contributed by atoms with Crippen molar-refractivity contribution in [3.05, 3.63) is 81.3 Å². The molecule has 3 heterocycles. The molecule has 2 aromatic heterocycles. The van der Waals surface area contributed by atoms with Crippen LogP contribution in [0, 0.1) is 16.6 Å². The molecule has 0 radical (unpaired) electrons. The van der Waals surface area contributed by atoms with E-state index in [9.17, 15) is 19.1 Å². The van der Waals surface area contributed by atoms with E-state index in [1.807, 2.05) is 0 Å². The second kappa shape index (κ2) is 9.14. The van der Waals surface area contributed by atoms with Crippen LogP contribution in [-0.4, -0.2) is 54.5 Å². The Labute approximate surface area is 198 Å². The summed E-state index contributed by atoms with van der Waals surface area (Å²) >= 11 is 0.749. The number of carbonyl (C=O) groups is 1. The molecule has 0 aliphatic carbocycles. The highest BCUT2D eigenvalue weighted by molar-refractivity contribution is 8.26. The van der Waals surface area contributed by atoms with E-state index in [4.69, 9.17) is 10.8 Å². The number of hydrogen-bond acceptors (Lipinski definition) is 8. The maximum Gasteiger partial charge on any atom is 0.278 e. The Bertz CT molecular complexity index is 1320. The standard InChI is InChI=1S/C22H22FN7O3S/c1-3-29-21(15-8-9-26-27-15)28(2)30-11-14(18(31)19(32)17(30)22(29)33)20(25)34-16(24)10-12-4-6-13(23)7-5-12/h4-9,11,21,24-25,32H,3,10H2,1-2H3,(H,26,27). The van der Waals surface area contributed by atoms with Gasteiger partial charge >= 0.3 is 0 Å².